The summed E-state index contributed by atoms with van der Waals surface area (Å²) in [7, 11) is 0. The Morgan fingerprint density at radius 3 is 2.60 bits per heavy atom. The molecule has 25 heavy (non-hydrogen) atoms. The molecule has 0 saturated heterocycles. The van der Waals surface area contributed by atoms with Gasteiger partial charge in [0.1, 0.15) is 5.82 Å². The molecule has 0 radical (unpaired) electrons. The molecule has 0 unspecified atom stereocenters. The topological polar surface area (TPSA) is 59.3 Å². The Morgan fingerprint density at radius 2 is 1.88 bits per heavy atom. The Morgan fingerprint density at radius 1 is 1.16 bits per heavy atom. The number of hydrazone groups is 1. The van der Waals surface area contributed by atoms with Gasteiger partial charge in [-0.2, -0.15) is 10.2 Å². The zero-order valence-electron chi connectivity index (χ0n) is 13.1. The molecule has 1 amide bonds. The first-order valence-electron chi connectivity index (χ1n) is 7.47. The summed E-state index contributed by atoms with van der Waals surface area (Å²) in [5, 5.41) is 8.08. The van der Waals surface area contributed by atoms with Crippen LogP contribution in [0.4, 0.5) is 4.39 Å². The van der Waals surface area contributed by atoms with E-state index in [4.69, 9.17) is 0 Å². The van der Waals surface area contributed by atoms with Crippen LogP contribution < -0.4 is 5.43 Å². The van der Waals surface area contributed by atoms with Gasteiger partial charge in [0.25, 0.3) is 5.91 Å². The predicted molar refractivity (Wildman–Crippen MR) is 96.9 cm³/mol. The van der Waals surface area contributed by atoms with Crippen LogP contribution in [0.2, 0.25) is 0 Å². The van der Waals surface area contributed by atoms with Gasteiger partial charge in [-0.3, -0.25) is 9.48 Å². The van der Waals surface area contributed by atoms with Crippen LogP contribution in [0.25, 0.3) is 0 Å². The molecule has 0 aliphatic rings. The van der Waals surface area contributed by atoms with Crippen LogP contribution in [-0.4, -0.2) is 21.9 Å². The number of aromatic nitrogens is 2. The van der Waals surface area contributed by atoms with Crippen molar-refractivity contribution in [3.8, 4) is 0 Å². The predicted octanol–water partition coefficient (Wildman–Crippen LogP) is 3.60. The van der Waals surface area contributed by atoms with Crippen molar-refractivity contribution in [2.45, 2.75) is 6.54 Å². The van der Waals surface area contributed by atoms with E-state index in [2.05, 4.69) is 31.6 Å². The minimum Gasteiger partial charge on any atom is -0.268 e. The second-order valence-electron chi connectivity index (χ2n) is 5.28. The van der Waals surface area contributed by atoms with E-state index in [1.54, 1.807) is 29.1 Å². The van der Waals surface area contributed by atoms with Gasteiger partial charge in [0.2, 0.25) is 0 Å². The number of carbonyl (C=O) groups is 1. The molecular formula is C18H14BrFN4O. The normalized spacial score (nSPS) is 11.0. The minimum absolute atomic E-state index is 0.272. The van der Waals surface area contributed by atoms with Gasteiger partial charge in [0, 0.05) is 10.7 Å². The summed E-state index contributed by atoms with van der Waals surface area (Å²) in [5.41, 5.74) is 4.43. The van der Waals surface area contributed by atoms with Crippen molar-refractivity contribution >= 4 is 28.1 Å². The Bertz CT molecular complexity index is 888. The van der Waals surface area contributed by atoms with Crippen molar-refractivity contribution in [3.63, 3.8) is 0 Å². The van der Waals surface area contributed by atoms with Crippen molar-refractivity contribution in [1.29, 1.82) is 0 Å². The molecule has 0 bridgehead atoms. The molecule has 3 rings (SSSR count). The lowest BCUT2D eigenvalue weighted by Gasteiger charge is -2.02. The van der Waals surface area contributed by atoms with E-state index in [1.165, 1.54) is 18.3 Å². The van der Waals surface area contributed by atoms with E-state index in [9.17, 15) is 9.18 Å². The van der Waals surface area contributed by atoms with Crippen LogP contribution in [-0.2, 0) is 6.54 Å². The smallest absolute Gasteiger partial charge is 0.268 e. The highest BCUT2D eigenvalue weighted by Gasteiger charge is 2.08. The third-order valence-electron chi connectivity index (χ3n) is 3.38. The molecule has 0 aliphatic carbocycles. The van der Waals surface area contributed by atoms with Crippen LogP contribution in [0.15, 0.2) is 70.4 Å². The molecule has 0 aliphatic heterocycles. The van der Waals surface area contributed by atoms with Gasteiger partial charge in [-0.05, 0) is 41.5 Å². The number of benzene rings is 2. The molecule has 126 valence electrons. The van der Waals surface area contributed by atoms with Gasteiger partial charge in [-0.15, -0.1) is 0 Å². The molecule has 0 fully saturated rings. The highest BCUT2D eigenvalue weighted by Crippen LogP contribution is 2.11. The summed E-state index contributed by atoms with van der Waals surface area (Å²) in [6.07, 6.45) is 3.18. The summed E-state index contributed by atoms with van der Waals surface area (Å²) in [4.78, 5) is 12.0. The maximum atomic E-state index is 12.8. The van der Waals surface area contributed by atoms with E-state index < -0.39 is 5.91 Å². The van der Waals surface area contributed by atoms with Crippen molar-refractivity contribution in [3.05, 3.63) is 87.9 Å². The van der Waals surface area contributed by atoms with E-state index >= 15 is 0 Å². The highest BCUT2D eigenvalue weighted by atomic mass is 79.9. The molecule has 2 aromatic carbocycles. The number of carbonyl (C=O) groups excluding carboxylic acids is 1. The minimum atomic E-state index is -0.409. The summed E-state index contributed by atoms with van der Waals surface area (Å²) < 4.78 is 15.5. The SMILES string of the molecule is O=C(N/N=C\c1ccc(F)cc1)c1ccn(Cc2ccc(Br)cc2)n1. The fraction of sp³-hybridized carbons (Fsp3) is 0.0556. The molecule has 1 heterocycles. The number of nitrogens with zero attached hydrogens (tertiary/aromatic N) is 3. The zero-order valence-corrected chi connectivity index (χ0v) is 14.6. The first kappa shape index (κ1) is 17.0. The Hall–Kier alpha value is -2.80. The van der Waals surface area contributed by atoms with Crippen LogP contribution in [0.1, 0.15) is 21.6 Å². The number of hydrogen-bond acceptors (Lipinski definition) is 3. The number of halogens is 2. The van der Waals surface area contributed by atoms with Gasteiger partial charge in [0.05, 0.1) is 12.8 Å². The Balaban J connectivity index is 1.58. The van der Waals surface area contributed by atoms with E-state index in [-0.39, 0.29) is 11.5 Å². The second-order valence-corrected chi connectivity index (χ2v) is 6.19. The van der Waals surface area contributed by atoms with Crippen molar-refractivity contribution < 1.29 is 9.18 Å². The summed E-state index contributed by atoms with van der Waals surface area (Å²) in [6, 6.07) is 15.3. The monoisotopic (exact) mass is 400 g/mol. The molecule has 3 aromatic rings. The second kappa shape index (κ2) is 7.85. The fourth-order valence-electron chi connectivity index (χ4n) is 2.12. The lowest BCUT2D eigenvalue weighted by molar-refractivity contribution is 0.0949. The third kappa shape index (κ3) is 4.84. The third-order valence-corrected chi connectivity index (χ3v) is 3.91. The van der Waals surface area contributed by atoms with Gasteiger partial charge in [-0.1, -0.05) is 40.2 Å². The lowest BCUT2D eigenvalue weighted by Crippen LogP contribution is -2.18. The summed E-state index contributed by atoms with van der Waals surface area (Å²) >= 11 is 3.39. The van der Waals surface area contributed by atoms with Gasteiger partial charge in [-0.25, -0.2) is 9.82 Å². The molecular weight excluding hydrogens is 387 g/mol. The van der Waals surface area contributed by atoms with Crippen molar-refractivity contribution in [1.82, 2.24) is 15.2 Å². The highest BCUT2D eigenvalue weighted by molar-refractivity contribution is 9.10. The van der Waals surface area contributed by atoms with Gasteiger partial charge in [0.15, 0.2) is 5.69 Å². The molecule has 0 atom stereocenters. The van der Waals surface area contributed by atoms with E-state index in [0.29, 0.717) is 12.1 Å². The number of hydrogen-bond donors (Lipinski definition) is 1. The first-order chi connectivity index (χ1) is 12.1. The van der Waals surface area contributed by atoms with E-state index in [1.807, 2.05) is 24.3 Å². The molecule has 0 spiro atoms. The summed E-state index contributed by atoms with van der Waals surface area (Å²) in [6.45, 7) is 0.569. The van der Waals surface area contributed by atoms with Gasteiger partial charge < -0.3 is 0 Å². The molecule has 5 nitrogen and oxygen atoms in total. The lowest BCUT2D eigenvalue weighted by atomic mass is 10.2. The number of amides is 1. The maximum absolute atomic E-state index is 12.8. The fourth-order valence-corrected chi connectivity index (χ4v) is 2.38. The molecule has 0 saturated carbocycles. The largest absolute Gasteiger partial charge is 0.291 e. The van der Waals surface area contributed by atoms with Crippen LogP contribution in [0, 0.1) is 5.82 Å². The average Bonchev–Trinajstić information content (AvgIpc) is 3.07. The zero-order chi connectivity index (χ0) is 17.6. The quantitative estimate of drug-likeness (QED) is 0.525. The standard InChI is InChI=1S/C18H14BrFN4O/c19-15-5-1-14(2-6-15)12-24-10-9-17(23-24)18(25)22-21-11-13-3-7-16(20)8-4-13/h1-11H,12H2,(H,22,25)/b21-11-. The van der Waals surface area contributed by atoms with Crippen molar-refractivity contribution in [2.24, 2.45) is 5.10 Å². The van der Waals surface area contributed by atoms with E-state index in [0.717, 1.165) is 10.0 Å². The Kier molecular flexibility index (Phi) is 5.35. The Labute approximate surface area is 152 Å². The maximum Gasteiger partial charge on any atom is 0.291 e. The molecule has 1 aromatic heterocycles. The van der Waals surface area contributed by atoms with Crippen LogP contribution >= 0.6 is 15.9 Å². The van der Waals surface area contributed by atoms with Crippen LogP contribution in [0.3, 0.4) is 0 Å². The van der Waals surface area contributed by atoms with Gasteiger partial charge >= 0.3 is 0 Å². The van der Waals surface area contributed by atoms with Crippen molar-refractivity contribution in [2.75, 3.05) is 0 Å². The molecule has 7 heteroatoms. The summed E-state index contributed by atoms with van der Waals surface area (Å²) in [5.74, 6) is -0.731. The molecule has 1 N–H and O–H groups in total. The van der Waals surface area contributed by atoms with Crippen LogP contribution in [0.5, 0.6) is 0 Å². The average molecular weight is 401 g/mol. The first-order valence-corrected chi connectivity index (χ1v) is 8.26. The number of nitrogens with one attached hydrogen (secondary N) is 1. The number of rotatable bonds is 5.